The Morgan fingerprint density at radius 1 is 1.45 bits per heavy atom. The van der Waals surface area contributed by atoms with E-state index in [4.69, 9.17) is 11.6 Å². The van der Waals surface area contributed by atoms with Gasteiger partial charge in [0.25, 0.3) is 0 Å². The van der Waals surface area contributed by atoms with Crippen LogP contribution in [0.1, 0.15) is 24.8 Å². The molecule has 0 radical (unpaired) electrons. The Bertz CT molecular complexity index is 475. The second kappa shape index (κ2) is 7.46. The molecule has 108 valence electrons. The third kappa shape index (κ3) is 3.84. The Morgan fingerprint density at radius 2 is 2.25 bits per heavy atom. The fourth-order valence-corrected chi connectivity index (χ4v) is 2.79. The van der Waals surface area contributed by atoms with Crippen molar-refractivity contribution in [2.45, 2.75) is 31.8 Å². The number of nitrogens with zero attached hydrogens (tertiary/aromatic N) is 1. The van der Waals surface area contributed by atoms with E-state index in [1.54, 1.807) is 0 Å². The zero-order valence-corrected chi connectivity index (χ0v) is 12.4. The Hall–Kier alpha value is -1.32. The molecule has 1 atom stereocenters. The molecule has 1 amide bonds. The van der Waals surface area contributed by atoms with Crippen LogP contribution in [0.3, 0.4) is 0 Å². The highest BCUT2D eigenvalue weighted by molar-refractivity contribution is 6.31. The van der Waals surface area contributed by atoms with E-state index in [1.807, 2.05) is 35.2 Å². The number of hydrogen-bond acceptors (Lipinski definition) is 2. The van der Waals surface area contributed by atoms with Crippen LogP contribution in [0, 0.1) is 0 Å². The fourth-order valence-electron chi connectivity index (χ4n) is 2.59. The molecule has 1 heterocycles. The van der Waals surface area contributed by atoms with Gasteiger partial charge >= 0.3 is 0 Å². The average molecular weight is 293 g/mol. The van der Waals surface area contributed by atoms with E-state index in [-0.39, 0.29) is 5.91 Å². The molecular formula is C16H21ClN2O. The first kappa shape index (κ1) is 15.1. The quantitative estimate of drug-likeness (QED) is 0.619. The number of benzene rings is 1. The van der Waals surface area contributed by atoms with Crippen molar-refractivity contribution in [1.29, 1.82) is 0 Å². The third-order valence-corrected chi connectivity index (χ3v) is 4.06. The van der Waals surface area contributed by atoms with Crippen molar-refractivity contribution < 1.29 is 4.79 Å². The van der Waals surface area contributed by atoms with Crippen LogP contribution in [0.5, 0.6) is 0 Å². The lowest BCUT2D eigenvalue weighted by Crippen LogP contribution is -2.34. The number of amides is 1. The number of likely N-dealkylation sites (tertiary alicyclic amines) is 1. The molecule has 0 spiro atoms. The van der Waals surface area contributed by atoms with E-state index < -0.39 is 0 Å². The summed E-state index contributed by atoms with van der Waals surface area (Å²) in [6, 6.07) is 8.05. The van der Waals surface area contributed by atoms with Crippen molar-refractivity contribution in [1.82, 2.24) is 10.2 Å². The van der Waals surface area contributed by atoms with Crippen molar-refractivity contribution in [3.05, 3.63) is 47.5 Å². The van der Waals surface area contributed by atoms with Crippen LogP contribution in [0.2, 0.25) is 5.02 Å². The summed E-state index contributed by atoms with van der Waals surface area (Å²) >= 11 is 6.18. The summed E-state index contributed by atoms with van der Waals surface area (Å²) in [5, 5.41) is 4.02. The summed E-state index contributed by atoms with van der Waals surface area (Å²) in [5.74, 6) is 0.235. The maximum Gasteiger partial charge on any atom is 0.223 e. The van der Waals surface area contributed by atoms with Crippen LogP contribution in [0.25, 0.3) is 0 Å². The zero-order valence-electron chi connectivity index (χ0n) is 11.6. The minimum Gasteiger partial charge on any atom is -0.335 e. The highest BCUT2D eigenvalue weighted by Gasteiger charge is 2.30. The SMILES string of the molecule is C=CCNCC[C@H]1CCC(=O)N1Cc1ccccc1Cl. The van der Waals surface area contributed by atoms with Gasteiger partial charge in [-0.1, -0.05) is 35.9 Å². The van der Waals surface area contributed by atoms with Crippen LogP contribution in [-0.2, 0) is 11.3 Å². The summed E-state index contributed by atoms with van der Waals surface area (Å²) in [5.41, 5.74) is 1.02. The molecule has 3 nitrogen and oxygen atoms in total. The lowest BCUT2D eigenvalue weighted by Gasteiger charge is -2.25. The van der Waals surface area contributed by atoms with Crippen LogP contribution in [0.4, 0.5) is 0 Å². The topological polar surface area (TPSA) is 32.3 Å². The monoisotopic (exact) mass is 292 g/mol. The maximum absolute atomic E-state index is 12.0. The Morgan fingerprint density at radius 3 is 3.00 bits per heavy atom. The van der Waals surface area contributed by atoms with Crippen molar-refractivity contribution in [3.63, 3.8) is 0 Å². The molecule has 1 saturated heterocycles. The normalized spacial score (nSPS) is 18.6. The molecule has 0 bridgehead atoms. The highest BCUT2D eigenvalue weighted by Crippen LogP contribution is 2.26. The van der Waals surface area contributed by atoms with Gasteiger partial charge in [0.1, 0.15) is 0 Å². The number of carbonyl (C=O) groups is 1. The molecule has 0 saturated carbocycles. The first-order chi connectivity index (χ1) is 9.72. The summed E-state index contributed by atoms with van der Waals surface area (Å²) in [6.45, 7) is 6.01. The summed E-state index contributed by atoms with van der Waals surface area (Å²) in [7, 11) is 0. The van der Waals surface area contributed by atoms with E-state index in [0.717, 1.165) is 36.5 Å². The van der Waals surface area contributed by atoms with Gasteiger partial charge < -0.3 is 10.2 Å². The average Bonchev–Trinajstić information content (AvgIpc) is 2.79. The van der Waals surface area contributed by atoms with Gasteiger partial charge in [0.15, 0.2) is 0 Å². The molecule has 1 aliphatic rings. The molecule has 20 heavy (non-hydrogen) atoms. The van der Waals surface area contributed by atoms with E-state index >= 15 is 0 Å². The smallest absolute Gasteiger partial charge is 0.223 e. The molecule has 0 unspecified atom stereocenters. The lowest BCUT2D eigenvalue weighted by molar-refractivity contribution is -0.129. The van der Waals surface area contributed by atoms with Crippen molar-refractivity contribution >= 4 is 17.5 Å². The number of nitrogens with one attached hydrogen (secondary N) is 1. The molecule has 0 aromatic heterocycles. The first-order valence-electron chi connectivity index (χ1n) is 7.07. The second-order valence-electron chi connectivity index (χ2n) is 5.09. The van der Waals surface area contributed by atoms with Gasteiger partial charge in [-0.25, -0.2) is 0 Å². The molecule has 0 aliphatic carbocycles. The number of rotatable bonds is 7. The lowest BCUT2D eigenvalue weighted by atomic mass is 10.1. The van der Waals surface area contributed by atoms with E-state index in [0.29, 0.717) is 19.0 Å². The molecule has 1 aromatic rings. The third-order valence-electron chi connectivity index (χ3n) is 3.69. The predicted molar refractivity (Wildman–Crippen MR) is 82.7 cm³/mol. The summed E-state index contributed by atoms with van der Waals surface area (Å²) in [6.07, 6.45) is 4.42. The molecule has 1 fully saturated rings. The molecule has 4 heteroatoms. The number of halogens is 1. The van der Waals surface area contributed by atoms with Crippen LogP contribution in [-0.4, -0.2) is 29.9 Å². The number of carbonyl (C=O) groups excluding carboxylic acids is 1. The van der Waals surface area contributed by atoms with Gasteiger partial charge in [0, 0.05) is 30.6 Å². The van der Waals surface area contributed by atoms with Crippen LogP contribution >= 0.6 is 11.6 Å². The molecular weight excluding hydrogens is 272 g/mol. The minimum absolute atomic E-state index is 0.235. The molecule has 1 aromatic carbocycles. The van der Waals surface area contributed by atoms with E-state index in [9.17, 15) is 4.79 Å². The Balaban J connectivity index is 1.94. The number of hydrogen-bond donors (Lipinski definition) is 1. The molecule has 1 N–H and O–H groups in total. The Labute approximate surface area is 125 Å². The van der Waals surface area contributed by atoms with Gasteiger partial charge in [0.2, 0.25) is 5.91 Å². The second-order valence-corrected chi connectivity index (χ2v) is 5.49. The standard InChI is InChI=1S/C16H21ClN2O/c1-2-10-18-11-9-14-7-8-16(20)19(14)12-13-5-3-4-6-15(13)17/h2-6,14,18H,1,7-12H2/t14-/m1/s1. The van der Waals surface area contributed by atoms with Crippen molar-refractivity contribution in [2.75, 3.05) is 13.1 Å². The largest absolute Gasteiger partial charge is 0.335 e. The van der Waals surface area contributed by atoms with Gasteiger partial charge in [-0.2, -0.15) is 0 Å². The van der Waals surface area contributed by atoms with Crippen molar-refractivity contribution in [3.8, 4) is 0 Å². The van der Waals surface area contributed by atoms with Gasteiger partial charge in [0.05, 0.1) is 0 Å². The summed E-state index contributed by atoms with van der Waals surface area (Å²) in [4.78, 5) is 14.0. The maximum atomic E-state index is 12.0. The van der Waals surface area contributed by atoms with E-state index in [1.165, 1.54) is 0 Å². The van der Waals surface area contributed by atoms with Crippen molar-refractivity contribution in [2.24, 2.45) is 0 Å². The van der Waals surface area contributed by atoms with E-state index in [2.05, 4.69) is 11.9 Å². The van der Waals surface area contributed by atoms with Gasteiger partial charge in [-0.15, -0.1) is 6.58 Å². The van der Waals surface area contributed by atoms with Crippen LogP contribution < -0.4 is 5.32 Å². The minimum atomic E-state index is 0.235. The van der Waals surface area contributed by atoms with Crippen LogP contribution in [0.15, 0.2) is 36.9 Å². The Kier molecular flexibility index (Phi) is 5.62. The van der Waals surface area contributed by atoms with Gasteiger partial charge in [-0.3, -0.25) is 4.79 Å². The highest BCUT2D eigenvalue weighted by atomic mass is 35.5. The molecule has 2 rings (SSSR count). The first-order valence-corrected chi connectivity index (χ1v) is 7.44. The van der Waals surface area contributed by atoms with Gasteiger partial charge in [-0.05, 0) is 31.0 Å². The molecule has 1 aliphatic heterocycles. The summed E-state index contributed by atoms with van der Waals surface area (Å²) < 4.78 is 0. The zero-order chi connectivity index (χ0) is 14.4. The fraction of sp³-hybridized carbons (Fsp3) is 0.438. The predicted octanol–water partition coefficient (Wildman–Crippen LogP) is 3.00.